The van der Waals surface area contributed by atoms with E-state index in [2.05, 4.69) is 5.32 Å². The Bertz CT molecular complexity index is 893. The van der Waals surface area contributed by atoms with Crippen molar-refractivity contribution in [3.05, 3.63) is 64.7 Å². The van der Waals surface area contributed by atoms with E-state index in [-0.39, 0.29) is 10.7 Å². The van der Waals surface area contributed by atoms with Crippen LogP contribution >= 0.6 is 23.8 Å². The molecule has 1 aliphatic rings. The van der Waals surface area contributed by atoms with Gasteiger partial charge < -0.3 is 4.74 Å². The van der Waals surface area contributed by atoms with Crippen LogP contribution in [-0.4, -0.2) is 24.0 Å². The minimum Gasteiger partial charge on any atom is -0.497 e. The molecule has 0 bridgehead atoms. The topological polar surface area (TPSA) is 58.6 Å². The molecular weight excluding hydrogens is 360 g/mol. The number of carbonyl (C=O) groups excluding carboxylic acids is 2. The first kappa shape index (κ1) is 17.1. The first-order valence-electron chi connectivity index (χ1n) is 7.30. The maximum atomic E-state index is 12.8. The first-order chi connectivity index (χ1) is 12.0. The summed E-state index contributed by atoms with van der Waals surface area (Å²) in [5.41, 5.74) is 1.18. The Labute approximate surface area is 154 Å². The molecular formula is C18H13ClN2O3S. The van der Waals surface area contributed by atoms with Gasteiger partial charge in [0.2, 0.25) is 0 Å². The second kappa shape index (κ2) is 7.04. The third kappa shape index (κ3) is 3.55. The number of nitrogens with one attached hydrogen (secondary N) is 1. The van der Waals surface area contributed by atoms with Crippen LogP contribution in [0.2, 0.25) is 5.02 Å². The molecule has 1 N–H and O–H groups in total. The van der Waals surface area contributed by atoms with Crippen LogP contribution in [0.15, 0.2) is 54.1 Å². The Balaban J connectivity index is 2.00. The van der Waals surface area contributed by atoms with Crippen molar-refractivity contribution in [3.63, 3.8) is 0 Å². The van der Waals surface area contributed by atoms with Crippen molar-refractivity contribution in [2.24, 2.45) is 0 Å². The van der Waals surface area contributed by atoms with Crippen molar-refractivity contribution in [1.82, 2.24) is 5.32 Å². The van der Waals surface area contributed by atoms with Crippen LogP contribution in [0.3, 0.4) is 0 Å². The molecule has 1 fully saturated rings. The molecule has 0 aliphatic carbocycles. The molecule has 0 atom stereocenters. The molecule has 0 radical (unpaired) electrons. The number of amides is 2. The van der Waals surface area contributed by atoms with Gasteiger partial charge in [-0.15, -0.1) is 0 Å². The average molecular weight is 373 g/mol. The van der Waals surface area contributed by atoms with Crippen LogP contribution < -0.4 is 15.0 Å². The van der Waals surface area contributed by atoms with Gasteiger partial charge >= 0.3 is 0 Å². The van der Waals surface area contributed by atoms with E-state index in [0.717, 1.165) is 0 Å². The Morgan fingerprint density at radius 1 is 1.16 bits per heavy atom. The molecule has 0 saturated carbocycles. The highest BCUT2D eigenvalue weighted by Crippen LogP contribution is 2.24. The summed E-state index contributed by atoms with van der Waals surface area (Å²) in [5.74, 6) is -0.412. The zero-order valence-electron chi connectivity index (χ0n) is 13.2. The van der Waals surface area contributed by atoms with Gasteiger partial charge in [-0.2, -0.15) is 0 Å². The number of thiocarbonyl (C=S) groups is 1. The van der Waals surface area contributed by atoms with Crippen LogP contribution in [0, 0.1) is 0 Å². The molecule has 1 heterocycles. The summed E-state index contributed by atoms with van der Waals surface area (Å²) >= 11 is 11.0. The predicted octanol–water partition coefficient (Wildman–Crippen LogP) is 3.18. The first-order valence-corrected chi connectivity index (χ1v) is 8.09. The largest absolute Gasteiger partial charge is 0.497 e. The van der Waals surface area contributed by atoms with Crippen LogP contribution in [0.5, 0.6) is 5.75 Å². The zero-order chi connectivity index (χ0) is 18.0. The van der Waals surface area contributed by atoms with E-state index in [1.807, 2.05) is 0 Å². The summed E-state index contributed by atoms with van der Waals surface area (Å²) < 4.78 is 5.16. The van der Waals surface area contributed by atoms with Crippen LogP contribution in [0.25, 0.3) is 6.08 Å². The summed E-state index contributed by atoms with van der Waals surface area (Å²) in [4.78, 5) is 26.3. The maximum Gasteiger partial charge on any atom is 0.270 e. The van der Waals surface area contributed by atoms with Crippen molar-refractivity contribution in [3.8, 4) is 5.75 Å². The Morgan fingerprint density at radius 3 is 2.56 bits per heavy atom. The fraction of sp³-hybridized carbons (Fsp3) is 0.0556. The van der Waals surface area contributed by atoms with Gasteiger partial charge in [0.1, 0.15) is 11.3 Å². The lowest BCUT2D eigenvalue weighted by Crippen LogP contribution is -2.54. The number of nitrogens with zero attached hydrogens (tertiary/aromatic N) is 1. The van der Waals surface area contributed by atoms with E-state index in [1.165, 1.54) is 11.0 Å². The van der Waals surface area contributed by atoms with Gasteiger partial charge in [-0.25, -0.2) is 0 Å². The zero-order valence-corrected chi connectivity index (χ0v) is 14.7. The number of carbonyl (C=O) groups is 2. The number of ether oxygens (including phenoxy) is 1. The molecule has 3 rings (SSSR count). The molecule has 2 amide bonds. The second-order valence-electron chi connectivity index (χ2n) is 5.21. The molecule has 126 valence electrons. The molecule has 0 spiro atoms. The van der Waals surface area contributed by atoms with E-state index < -0.39 is 11.8 Å². The van der Waals surface area contributed by atoms with E-state index in [9.17, 15) is 9.59 Å². The highest BCUT2D eigenvalue weighted by molar-refractivity contribution is 7.80. The third-order valence-electron chi connectivity index (χ3n) is 3.59. The SMILES string of the molecule is COc1cccc(/C=C2/C(=O)NC(=S)N(c3ccc(Cl)cc3)C2=O)c1. The van der Waals surface area contributed by atoms with Gasteiger partial charge in [0.05, 0.1) is 12.8 Å². The fourth-order valence-electron chi connectivity index (χ4n) is 2.38. The molecule has 2 aromatic rings. The standard InChI is InChI=1S/C18H13ClN2O3S/c1-24-14-4-2-3-11(9-14)10-15-16(22)20-18(25)21(17(15)23)13-7-5-12(19)6-8-13/h2-10H,1H3,(H,20,22,25)/b15-10-. The molecule has 1 saturated heterocycles. The number of hydrogen-bond acceptors (Lipinski definition) is 4. The molecule has 0 aromatic heterocycles. The van der Waals surface area contributed by atoms with E-state index in [1.54, 1.807) is 55.6 Å². The molecule has 7 heteroatoms. The molecule has 25 heavy (non-hydrogen) atoms. The van der Waals surface area contributed by atoms with Gasteiger partial charge in [-0.3, -0.25) is 19.8 Å². The van der Waals surface area contributed by atoms with Crippen LogP contribution in [-0.2, 0) is 9.59 Å². The lowest BCUT2D eigenvalue weighted by Gasteiger charge is -2.28. The van der Waals surface area contributed by atoms with E-state index >= 15 is 0 Å². The monoisotopic (exact) mass is 372 g/mol. The number of benzene rings is 2. The maximum absolute atomic E-state index is 12.8. The molecule has 2 aromatic carbocycles. The molecule has 1 aliphatic heterocycles. The number of halogens is 1. The van der Waals surface area contributed by atoms with Crippen molar-refractivity contribution in [2.45, 2.75) is 0 Å². The normalized spacial score (nSPS) is 16.2. The van der Waals surface area contributed by atoms with Gasteiger partial charge in [-0.1, -0.05) is 23.7 Å². The summed E-state index contributed by atoms with van der Waals surface area (Å²) in [6.07, 6.45) is 1.50. The summed E-state index contributed by atoms with van der Waals surface area (Å²) in [5, 5.41) is 3.10. The lowest BCUT2D eigenvalue weighted by atomic mass is 10.1. The minimum atomic E-state index is -0.539. The van der Waals surface area contributed by atoms with Crippen LogP contribution in [0.4, 0.5) is 5.69 Å². The number of hydrogen-bond donors (Lipinski definition) is 1. The second-order valence-corrected chi connectivity index (χ2v) is 6.03. The smallest absolute Gasteiger partial charge is 0.270 e. The Hall–Kier alpha value is -2.70. The van der Waals surface area contributed by atoms with Crippen molar-refractivity contribution >= 4 is 52.5 Å². The van der Waals surface area contributed by atoms with Crippen molar-refractivity contribution in [1.29, 1.82) is 0 Å². The Kier molecular flexibility index (Phi) is 4.83. The fourth-order valence-corrected chi connectivity index (χ4v) is 2.79. The van der Waals surface area contributed by atoms with Crippen molar-refractivity contribution < 1.29 is 14.3 Å². The minimum absolute atomic E-state index is 0.0168. The van der Waals surface area contributed by atoms with Gasteiger partial charge in [-0.05, 0) is 60.3 Å². The summed E-state index contributed by atoms with van der Waals surface area (Å²) in [7, 11) is 1.55. The van der Waals surface area contributed by atoms with Crippen LogP contribution in [0.1, 0.15) is 5.56 Å². The number of anilines is 1. The molecule has 5 nitrogen and oxygen atoms in total. The Morgan fingerprint density at radius 2 is 1.88 bits per heavy atom. The van der Waals surface area contributed by atoms with Gasteiger partial charge in [0.25, 0.3) is 11.8 Å². The van der Waals surface area contributed by atoms with E-state index in [0.29, 0.717) is 22.0 Å². The van der Waals surface area contributed by atoms with Gasteiger partial charge in [0, 0.05) is 5.02 Å². The van der Waals surface area contributed by atoms with Crippen molar-refractivity contribution in [2.75, 3.05) is 12.0 Å². The lowest BCUT2D eigenvalue weighted by molar-refractivity contribution is -0.122. The van der Waals surface area contributed by atoms with Gasteiger partial charge in [0.15, 0.2) is 5.11 Å². The summed E-state index contributed by atoms with van der Waals surface area (Å²) in [6, 6.07) is 13.7. The number of rotatable bonds is 3. The highest BCUT2D eigenvalue weighted by atomic mass is 35.5. The quantitative estimate of drug-likeness (QED) is 0.510. The predicted molar refractivity (Wildman–Crippen MR) is 101 cm³/mol. The third-order valence-corrected chi connectivity index (χ3v) is 4.13. The average Bonchev–Trinajstić information content (AvgIpc) is 2.60. The molecule has 0 unspecified atom stereocenters. The number of methoxy groups -OCH3 is 1. The summed E-state index contributed by atoms with van der Waals surface area (Å²) in [6.45, 7) is 0. The van der Waals surface area contributed by atoms with E-state index in [4.69, 9.17) is 28.6 Å². The highest BCUT2D eigenvalue weighted by Gasteiger charge is 2.34.